The van der Waals surface area contributed by atoms with Crippen LogP contribution in [0.25, 0.3) is 0 Å². The summed E-state index contributed by atoms with van der Waals surface area (Å²) in [5.74, 6) is -1.79. The Kier molecular flexibility index (Phi) is 8.02. The molecule has 1 atom stereocenters. The van der Waals surface area contributed by atoms with Crippen LogP contribution in [0.3, 0.4) is 0 Å². The first-order valence-corrected chi connectivity index (χ1v) is 9.28. The van der Waals surface area contributed by atoms with Crippen LogP contribution in [0.2, 0.25) is 5.02 Å². The maximum atomic E-state index is 12.4. The molecule has 2 N–H and O–H groups in total. The van der Waals surface area contributed by atoms with E-state index in [0.717, 1.165) is 11.1 Å². The lowest BCUT2D eigenvalue weighted by Gasteiger charge is -2.19. The van der Waals surface area contributed by atoms with Gasteiger partial charge in [0.05, 0.1) is 5.92 Å². The van der Waals surface area contributed by atoms with Crippen molar-refractivity contribution in [2.45, 2.75) is 26.3 Å². The van der Waals surface area contributed by atoms with Gasteiger partial charge in [-0.1, -0.05) is 67.9 Å². The molecule has 28 heavy (non-hydrogen) atoms. The maximum absolute atomic E-state index is 12.4. The van der Waals surface area contributed by atoms with Gasteiger partial charge in [0.25, 0.3) is 5.91 Å². The van der Waals surface area contributed by atoms with E-state index < -0.39 is 30.4 Å². The number of urea groups is 1. The van der Waals surface area contributed by atoms with Crippen LogP contribution in [-0.4, -0.2) is 24.5 Å². The van der Waals surface area contributed by atoms with Gasteiger partial charge >= 0.3 is 12.0 Å². The summed E-state index contributed by atoms with van der Waals surface area (Å²) >= 11 is 5.88. The number of hydrogen-bond acceptors (Lipinski definition) is 4. The molecule has 0 aliphatic heterocycles. The number of ether oxygens (including phenoxy) is 1. The van der Waals surface area contributed by atoms with Gasteiger partial charge in [-0.2, -0.15) is 0 Å². The van der Waals surface area contributed by atoms with E-state index in [1.807, 2.05) is 44.2 Å². The smallest absolute Gasteiger partial charge is 0.321 e. The molecule has 0 fully saturated rings. The van der Waals surface area contributed by atoms with Gasteiger partial charge in [-0.3, -0.25) is 14.9 Å². The lowest BCUT2D eigenvalue weighted by Crippen LogP contribution is -2.41. The van der Waals surface area contributed by atoms with E-state index in [4.69, 9.17) is 16.3 Å². The SMILES string of the molecule is CC(C)[C@H](C(=O)OCC(=O)NC(=O)NCc1ccccc1)c1ccc(Cl)cc1. The molecule has 0 aliphatic rings. The minimum atomic E-state index is -0.697. The average Bonchev–Trinajstić information content (AvgIpc) is 2.67. The Labute approximate surface area is 169 Å². The molecule has 2 rings (SSSR count). The molecule has 7 heteroatoms. The fourth-order valence-electron chi connectivity index (χ4n) is 2.67. The van der Waals surface area contributed by atoms with Crippen molar-refractivity contribution < 1.29 is 19.1 Å². The number of hydrogen-bond donors (Lipinski definition) is 2. The van der Waals surface area contributed by atoms with E-state index in [0.29, 0.717) is 5.02 Å². The summed E-state index contributed by atoms with van der Waals surface area (Å²) in [7, 11) is 0. The molecule has 0 aromatic heterocycles. The third kappa shape index (κ3) is 6.70. The second kappa shape index (κ2) is 10.5. The van der Waals surface area contributed by atoms with Crippen molar-refractivity contribution in [3.63, 3.8) is 0 Å². The Hall–Kier alpha value is -2.86. The van der Waals surface area contributed by atoms with Crippen molar-refractivity contribution in [1.82, 2.24) is 10.6 Å². The van der Waals surface area contributed by atoms with Gasteiger partial charge in [-0.05, 0) is 29.2 Å². The van der Waals surface area contributed by atoms with Crippen LogP contribution >= 0.6 is 11.6 Å². The van der Waals surface area contributed by atoms with Crippen LogP contribution in [0, 0.1) is 5.92 Å². The Morgan fingerprint density at radius 3 is 2.25 bits per heavy atom. The van der Waals surface area contributed by atoms with Crippen molar-refractivity contribution in [3.05, 3.63) is 70.7 Å². The molecule has 2 aromatic rings. The van der Waals surface area contributed by atoms with Crippen LogP contribution in [-0.2, 0) is 20.9 Å². The number of carbonyl (C=O) groups excluding carboxylic acids is 3. The van der Waals surface area contributed by atoms with Gasteiger partial charge in [0.15, 0.2) is 6.61 Å². The summed E-state index contributed by atoms with van der Waals surface area (Å²) in [4.78, 5) is 36.1. The highest BCUT2D eigenvalue weighted by Gasteiger charge is 2.26. The van der Waals surface area contributed by atoms with Crippen LogP contribution in [0.4, 0.5) is 4.79 Å². The maximum Gasteiger partial charge on any atom is 0.321 e. The minimum absolute atomic E-state index is 0.0362. The third-order valence-corrected chi connectivity index (χ3v) is 4.30. The fourth-order valence-corrected chi connectivity index (χ4v) is 2.80. The second-order valence-electron chi connectivity index (χ2n) is 6.60. The summed E-state index contributed by atoms with van der Waals surface area (Å²) in [5.41, 5.74) is 1.66. The second-order valence-corrected chi connectivity index (χ2v) is 7.03. The molecule has 0 saturated carbocycles. The van der Waals surface area contributed by atoms with E-state index in [-0.39, 0.29) is 12.5 Å². The lowest BCUT2D eigenvalue weighted by molar-refractivity contribution is -0.150. The Balaban J connectivity index is 1.82. The van der Waals surface area contributed by atoms with Crippen LogP contribution in [0.5, 0.6) is 0 Å². The van der Waals surface area contributed by atoms with E-state index in [2.05, 4.69) is 10.6 Å². The molecule has 0 unspecified atom stereocenters. The minimum Gasteiger partial charge on any atom is -0.455 e. The molecule has 0 radical (unpaired) electrons. The van der Waals surface area contributed by atoms with Crippen LogP contribution in [0.15, 0.2) is 54.6 Å². The van der Waals surface area contributed by atoms with Crippen molar-refractivity contribution in [3.8, 4) is 0 Å². The molecular weight excluding hydrogens is 380 g/mol. The summed E-state index contributed by atoms with van der Waals surface area (Å²) in [5, 5.41) is 5.27. The van der Waals surface area contributed by atoms with Crippen molar-refractivity contribution >= 4 is 29.5 Å². The molecule has 148 valence electrons. The number of imide groups is 1. The first-order valence-electron chi connectivity index (χ1n) is 8.90. The van der Waals surface area contributed by atoms with E-state index in [1.165, 1.54) is 0 Å². The van der Waals surface area contributed by atoms with Gasteiger partial charge in [-0.15, -0.1) is 0 Å². The average molecular weight is 403 g/mol. The van der Waals surface area contributed by atoms with E-state index in [1.54, 1.807) is 24.3 Å². The highest BCUT2D eigenvalue weighted by Crippen LogP contribution is 2.27. The highest BCUT2D eigenvalue weighted by molar-refractivity contribution is 6.30. The summed E-state index contributed by atoms with van der Waals surface area (Å²) in [6.07, 6.45) is 0. The Morgan fingerprint density at radius 1 is 1.00 bits per heavy atom. The van der Waals surface area contributed by atoms with Crippen LogP contribution < -0.4 is 10.6 Å². The summed E-state index contributed by atoms with van der Waals surface area (Å²) < 4.78 is 5.11. The topological polar surface area (TPSA) is 84.5 Å². The van der Waals surface area contributed by atoms with Crippen molar-refractivity contribution in [1.29, 1.82) is 0 Å². The molecule has 0 spiro atoms. The zero-order valence-corrected chi connectivity index (χ0v) is 16.5. The van der Waals surface area contributed by atoms with Gasteiger partial charge < -0.3 is 10.1 Å². The van der Waals surface area contributed by atoms with Crippen LogP contribution in [0.1, 0.15) is 30.9 Å². The molecule has 0 saturated heterocycles. The zero-order valence-electron chi connectivity index (χ0n) is 15.8. The standard InChI is InChI=1S/C21H23ClN2O4/c1-14(2)19(16-8-10-17(22)11-9-16)20(26)28-13-18(25)24-21(27)23-12-15-6-4-3-5-7-15/h3-11,14,19H,12-13H2,1-2H3,(H2,23,24,25,27)/t19-/m0/s1. The molecule has 0 bridgehead atoms. The van der Waals surface area contributed by atoms with Crippen molar-refractivity contribution in [2.24, 2.45) is 5.92 Å². The number of halogens is 1. The lowest BCUT2D eigenvalue weighted by atomic mass is 9.88. The quantitative estimate of drug-likeness (QED) is 0.692. The zero-order chi connectivity index (χ0) is 20.5. The van der Waals surface area contributed by atoms with Crippen molar-refractivity contribution in [2.75, 3.05) is 6.61 Å². The molecule has 0 aliphatic carbocycles. The predicted octanol–water partition coefficient (Wildman–Crippen LogP) is 3.65. The van der Waals surface area contributed by atoms with Gasteiger partial charge in [0.2, 0.25) is 0 Å². The molecule has 6 nitrogen and oxygen atoms in total. The first-order chi connectivity index (χ1) is 13.4. The molecular formula is C21H23ClN2O4. The van der Waals surface area contributed by atoms with E-state index >= 15 is 0 Å². The largest absolute Gasteiger partial charge is 0.455 e. The van der Waals surface area contributed by atoms with Gasteiger partial charge in [0, 0.05) is 11.6 Å². The molecule has 0 heterocycles. The molecule has 2 aromatic carbocycles. The number of benzene rings is 2. The fraction of sp³-hybridized carbons (Fsp3) is 0.286. The summed E-state index contributed by atoms with van der Waals surface area (Å²) in [6.45, 7) is 3.52. The Morgan fingerprint density at radius 2 is 1.64 bits per heavy atom. The van der Waals surface area contributed by atoms with E-state index in [9.17, 15) is 14.4 Å². The third-order valence-electron chi connectivity index (χ3n) is 4.04. The highest BCUT2D eigenvalue weighted by atomic mass is 35.5. The normalized spacial score (nSPS) is 11.6. The predicted molar refractivity (Wildman–Crippen MR) is 107 cm³/mol. The monoisotopic (exact) mass is 402 g/mol. The number of carbonyl (C=O) groups is 3. The number of rotatable bonds is 7. The number of nitrogens with one attached hydrogen (secondary N) is 2. The number of esters is 1. The molecule has 3 amide bonds. The Bertz CT molecular complexity index is 807. The summed E-state index contributed by atoms with van der Waals surface area (Å²) in [6, 6.07) is 15.5. The number of amides is 3. The van der Waals surface area contributed by atoms with Gasteiger partial charge in [-0.25, -0.2) is 4.79 Å². The first kappa shape index (κ1) is 21.4. The van der Waals surface area contributed by atoms with Gasteiger partial charge in [0.1, 0.15) is 0 Å².